The summed E-state index contributed by atoms with van der Waals surface area (Å²) >= 11 is 0. The van der Waals surface area contributed by atoms with Crippen molar-refractivity contribution < 1.29 is 83.2 Å². The zero-order valence-electron chi connectivity index (χ0n) is 76.0. The number of hydrogen-bond donors (Lipinski definition) is 8. The zero-order valence-corrected chi connectivity index (χ0v) is 78.4. The van der Waals surface area contributed by atoms with E-state index in [2.05, 4.69) is 95.7 Å². The second-order valence-electron chi connectivity index (χ2n) is 37.2. The molecule has 0 spiro atoms. The van der Waals surface area contributed by atoms with Crippen molar-refractivity contribution >= 4 is 141 Å². The van der Waals surface area contributed by atoms with Crippen LogP contribution in [0.1, 0.15) is 174 Å². The molecule has 29 nitrogen and oxygen atoms in total. The molecular formula is C99H106B5N11O18S3. The van der Waals surface area contributed by atoms with E-state index in [1.54, 1.807) is 85.2 Å². The van der Waals surface area contributed by atoms with Gasteiger partial charge in [0.25, 0.3) is 5.91 Å². The van der Waals surface area contributed by atoms with Crippen LogP contribution in [-0.4, -0.2) is 199 Å². The fourth-order valence-corrected chi connectivity index (χ4v) is 24.8. The molecule has 2 saturated carbocycles. The molecule has 4 atom stereocenters. The van der Waals surface area contributed by atoms with Gasteiger partial charge in [0, 0.05) is 163 Å². The highest BCUT2D eigenvalue weighted by molar-refractivity contribution is 7.89. The lowest BCUT2D eigenvalue weighted by atomic mass is 9.68. The molecule has 698 valence electrons. The van der Waals surface area contributed by atoms with Crippen LogP contribution in [-0.2, 0) is 66.3 Å². The third-order valence-electron chi connectivity index (χ3n) is 28.2. The molecule has 23 rings (SSSR count). The number of aromatic nitrogens is 6. The van der Waals surface area contributed by atoms with Gasteiger partial charge < -0.3 is 63.2 Å². The van der Waals surface area contributed by atoms with Gasteiger partial charge in [-0.25, -0.2) is 44.0 Å². The lowest BCUT2D eigenvalue weighted by Gasteiger charge is -2.40. The van der Waals surface area contributed by atoms with Crippen LogP contribution in [0.25, 0.3) is 63.2 Å². The molecule has 6 aromatic heterocycles. The molecule has 6 aliphatic carbocycles. The van der Waals surface area contributed by atoms with Crippen molar-refractivity contribution in [1.29, 1.82) is 0 Å². The Labute approximate surface area is 793 Å². The summed E-state index contributed by atoms with van der Waals surface area (Å²) in [5.41, 5.74) is 20.9. The van der Waals surface area contributed by atoms with Gasteiger partial charge in [0.15, 0.2) is 0 Å². The van der Waals surface area contributed by atoms with Crippen LogP contribution >= 0.6 is 0 Å². The molecule has 8 aliphatic heterocycles. The van der Waals surface area contributed by atoms with Crippen molar-refractivity contribution in [2.24, 2.45) is 41.4 Å². The van der Waals surface area contributed by atoms with Crippen molar-refractivity contribution in [2.45, 2.75) is 133 Å². The van der Waals surface area contributed by atoms with Gasteiger partial charge in [0.1, 0.15) is 34.4 Å². The largest absolute Gasteiger partial charge is 0.552 e. The van der Waals surface area contributed by atoms with Crippen LogP contribution in [0.2, 0.25) is 0 Å². The average molecular weight is 1890 g/mol. The normalized spacial score (nSPS) is 22.4. The number of aromatic amines is 1. The molecule has 14 aliphatic rings. The highest BCUT2D eigenvalue weighted by atomic mass is 32.2. The lowest BCUT2D eigenvalue weighted by Crippen LogP contribution is -2.45. The van der Waals surface area contributed by atoms with Crippen LogP contribution in [0.15, 0.2) is 193 Å². The molecule has 37 heteroatoms. The molecule has 4 unspecified atom stereocenters. The van der Waals surface area contributed by atoms with Crippen LogP contribution in [0, 0.1) is 41.4 Å². The summed E-state index contributed by atoms with van der Waals surface area (Å²) < 4.78 is 108. The maximum atomic E-state index is 13.0. The maximum Gasteiger partial charge on any atom is 0.552 e. The van der Waals surface area contributed by atoms with E-state index in [1.165, 1.54) is 10.6 Å². The van der Waals surface area contributed by atoms with Gasteiger partial charge in [0.2, 0.25) is 36.0 Å². The summed E-state index contributed by atoms with van der Waals surface area (Å²) in [5, 5.41) is 51.7. The Morgan fingerprint density at radius 2 is 0.853 bits per heavy atom. The highest BCUT2D eigenvalue weighted by Gasteiger charge is 2.46. The van der Waals surface area contributed by atoms with Crippen molar-refractivity contribution in [1.82, 2.24) is 53.5 Å². The summed E-state index contributed by atoms with van der Waals surface area (Å²) in [4.78, 5) is 55.0. The highest BCUT2D eigenvalue weighted by Crippen LogP contribution is 2.52. The van der Waals surface area contributed by atoms with Gasteiger partial charge in [-0.1, -0.05) is 136 Å². The topological polar surface area (TPSA) is 398 Å². The molecule has 2 amide bonds. The maximum absolute atomic E-state index is 13.0. The quantitative estimate of drug-likeness (QED) is 0.0417. The molecule has 3 saturated heterocycles. The molecule has 0 radical (unpaired) electrons. The number of rotatable bonds is 16. The number of benzene rings is 3. The lowest BCUT2D eigenvalue weighted by molar-refractivity contribution is -0.133. The van der Waals surface area contributed by atoms with E-state index < -0.39 is 65.7 Å². The number of piperidine rings is 3. The predicted molar refractivity (Wildman–Crippen MR) is 526 cm³/mol. The Morgan fingerprint density at radius 1 is 0.463 bits per heavy atom. The zero-order chi connectivity index (χ0) is 94.4. The number of sulfonamides is 3. The van der Waals surface area contributed by atoms with E-state index in [4.69, 9.17) is 23.3 Å². The van der Waals surface area contributed by atoms with Gasteiger partial charge in [-0.05, 0) is 181 Å². The van der Waals surface area contributed by atoms with E-state index in [-0.39, 0.29) is 64.1 Å². The SMILES string of the molecule is CC1CCN(C(=O)c2ccccc2)CC1C1=CB(O)Oc2cnc3c(c21)C=CC3.CCCC(=O)N1CCC(C)C(C2=CB(O)Oc3cnc4[nH]ccc4c32)C1.CS(=O)(=O)N1CCC(C2=CB(O)Oc3cnc4c(c32)C=CC4)CC1.O=S(=O)(Cc1ccccc1)NC1CC(C2=CB(O)Oc3cnc4c(c32)C=CC4)C1.O=S(=O)(NC1CC(C2=CB(O)Oc3cnc4c(c32)C=CC4)C1)c1ccccc1. The molecule has 9 aromatic rings. The fourth-order valence-electron chi connectivity index (χ4n) is 21.2. The first-order chi connectivity index (χ1) is 65.6. The summed E-state index contributed by atoms with van der Waals surface area (Å²) in [6.07, 6.45) is 38.9. The first-order valence-corrected chi connectivity index (χ1v) is 51.8. The second-order valence-corrected chi connectivity index (χ2v) is 42.6. The standard InChI is InChI=1S/C23H23BN2O3.C21H21BN2O4S.C20H19BN2O4S.C19H24BN3O3.C16H19BN2O4S/c1-15-10-11-26(23(27)16-6-3-2-4-7-16)14-19(15)18-12-24(28)29-21-13-25-20-9-5-8-17(20)22(18)21;25-22-11-18(21-17-7-4-8-19(17)23-12-20(21)28-22)15-9-16(10-15)24-29(26,27)13-14-5-2-1-3-6-14;24-21-11-17(20-16-7-4-8-18(16)22-12-19(20)27-21)13-9-14(10-13)23-28(25,26)15-5-2-1-3-6-15;1-3-4-17(24)23-8-6-12(2)15(11-23)14-9-20(25)26-16-10-22-19-13(18(14)16)5-7-21-19;1-24(21,22)19-7-5-11(6-8-19)13-9-17(20)23-15-10-18-14-4-2-3-12(14)16(13)15/h2-8,12-13,15,19,28H,9-11,14H2,1H3;1-7,11-12,15-16,24-25H,8-10,13H2;1-7,11-14,23-24H,8-10H2;5,7,9-10,12,15,25H,3-4,6,8,11H2,1-2H3,(H,21,22);2-3,9-11,20H,4-8H2,1H3. The number of allylic oxidation sites excluding steroid dienone is 7. The summed E-state index contributed by atoms with van der Waals surface area (Å²) in [6.45, 7) is 10.4. The van der Waals surface area contributed by atoms with Gasteiger partial charge in [-0.3, -0.25) is 29.5 Å². The number of nitrogens with zero attached hydrogens (tertiary/aromatic N) is 8. The van der Waals surface area contributed by atoms with E-state index >= 15 is 0 Å². The van der Waals surface area contributed by atoms with Crippen molar-refractivity contribution in [3.63, 3.8) is 0 Å². The second kappa shape index (κ2) is 39.5. The number of carbonyl (C=O) groups is 2. The summed E-state index contributed by atoms with van der Waals surface area (Å²) in [6, 6.07) is 28.8. The molecule has 3 aromatic carbocycles. The van der Waals surface area contributed by atoms with Gasteiger partial charge >= 0.3 is 35.6 Å². The summed E-state index contributed by atoms with van der Waals surface area (Å²) in [5.74, 6) is 13.8. The Bertz CT molecular complexity index is 6790. The molecular weight excluding hydrogens is 1780 g/mol. The minimum atomic E-state index is -3.52. The number of carbonyl (C=O) groups excluding carboxylic acids is 2. The molecule has 5 fully saturated rings. The van der Waals surface area contributed by atoms with Crippen LogP contribution in [0.4, 0.5) is 0 Å². The first-order valence-electron chi connectivity index (χ1n) is 46.8. The number of nitrogens with one attached hydrogen (secondary N) is 3. The van der Waals surface area contributed by atoms with E-state index in [1.807, 2.05) is 102 Å². The average Bonchev–Trinajstić information content (AvgIpc) is 1.39. The minimum absolute atomic E-state index is 0.0168. The van der Waals surface area contributed by atoms with Crippen LogP contribution < -0.4 is 32.7 Å². The molecule has 8 N–H and O–H groups in total. The number of hydrogen-bond acceptors (Lipinski definition) is 23. The van der Waals surface area contributed by atoms with Crippen molar-refractivity contribution in [3.8, 4) is 28.7 Å². The number of fused-ring (bicyclic) bond motifs is 15. The van der Waals surface area contributed by atoms with E-state index in [9.17, 15) is 60.0 Å². The Kier molecular flexibility index (Phi) is 27.1. The van der Waals surface area contributed by atoms with E-state index in [0.29, 0.717) is 98.9 Å². The third kappa shape index (κ3) is 19.9. The summed E-state index contributed by atoms with van der Waals surface area (Å²) in [7, 11) is -15.0. The van der Waals surface area contributed by atoms with Gasteiger partial charge in [-0.2, -0.15) is 0 Å². The van der Waals surface area contributed by atoms with Gasteiger partial charge in [-0.15, -0.1) is 0 Å². The Morgan fingerprint density at radius 3 is 1.31 bits per heavy atom. The molecule has 0 bridgehead atoms. The molecule has 136 heavy (non-hydrogen) atoms. The third-order valence-corrected chi connectivity index (χ3v) is 32.4. The molecule has 14 heterocycles. The van der Waals surface area contributed by atoms with Crippen molar-refractivity contribution in [2.75, 3.05) is 45.5 Å². The Hall–Kier alpha value is -11.6. The monoisotopic (exact) mass is 1890 g/mol. The smallest absolute Gasteiger partial charge is 0.531 e. The number of amides is 2. The minimum Gasteiger partial charge on any atom is -0.531 e. The number of H-pyrrole nitrogens is 1. The number of pyridine rings is 5. The van der Waals surface area contributed by atoms with Crippen molar-refractivity contribution in [3.05, 3.63) is 272 Å². The Balaban J connectivity index is 0.000000109. The first kappa shape index (κ1) is 93.4. The van der Waals surface area contributed by atoms with Crippen LogP contribution in [0.3, 0.4) is 0 Å². The fraction of sp³-hybridized carbons (Fsp3) is 0.343. The van der Waals surface area contributed by atoms with E-state index in [0.717, 1.165) is 194 Å². The number of likely N-dealkylation sites (tertiary alicyclic amines) is 2. The van der Waals surface area contributed by atoms with Crippen LogP contribution in [0.5, 0.6) is 28.7 Å². The van der Waals surface area contributed by atoms with Gasteiger partial charge in [0.05, 0.1) is 70.7 Å². The predicted octanol–water partition coefficient (Wildman–Crippen LogP) is 11.6.